The molecular formula is C27H24N4O2. The minimum absolute atomic E-state index is 0.241. The normalized spacial score (nSPS) is 11.9. The Morgan fingerprint density at radius 3 is 2.33 bits per heavy atom. The molecule has 0 aliphatic carbocycles. The largest absolute Gasteiger partial charge is 0.497 e. The van der Waals surface area contributed by atoms with Gasteiger partial charge in [0.2, 0.25) is 0 Å². The highest BCUT2D eigenvalue weighted by Crippen LogP contribution is 2.31. The van der Waals surface area contributed by atoms with Gasteiger partial charge in [0.25, 0.3) is 0 Å². The molecule has 1 unspecified atom stereocenters. The molecule has 2 N–H and O–H groups in total. The smallest absolute Gasteiger partial charge is 0.152 e. The van der Waals surface area contributed by atoms with Crippen molar-refractivity contribution in [3.05, 3.63) is 109 Å². The van der Waals surface area contributed by atoms with Gasteiger partial charge in [0.15, 0.2) is 5.76 Å². The summed E-state index contributed by atoms with van der Waals surface area (Å²) in [6, 6.07) is 25.7. The fraction of sp³-hybridized carbons (Fsp3) is 0.111. The molecule has 0 radical (unpaired) electrons. The van der Waals surface area contributed by atoms with E-state index in [0.717, 1.165) is 45.3 Å². The standard InChI is InChI=1S/C27H24N4O2/c1-32-23-13-9-20(10-14-23)19-7-11-22(12-8-19)31-27(26-6-4-16-33-26)21(18-30-31)17-24(28)25-5-2-3-15-29-25/h2-16,18,24H,17,28H2,1H3. The molecule has 6 heteroatoms. The van der Waals surface area contributed by atoms with Gasteiger partial charge in [0.1, 0.15) is 11.4 Å². The highest BCUT2D eigenvalue weighted by molar-refractivity contribution is 5.67. The van der Waals surface area contributed by atoms with Gasteiger partial charge in [-0.15, -0.1) is 0 Å². The molecule has 1 atom stereocenters. The predicted molar refractivity (Wildman–Crippen MR) is 128 cm³/mol. The first kappa shape index (κ1) is 20.7. The molecule has 33 heavy (non-hydrogen) atoms. The van der Waals surface area contributed by atoms with Gasteiger partial charge >= 0.3 is 0 Å². The summed E-state index contributed by atoms with van der Waals surface area (Å²) in [6.45, 7) is 0. The van der Waals surface area contributed by atoms with Crippen molar-refractivity contribution in [2.24, 2.45) is 5.73 Å². The van der Waals surface area contributed by atoms with E-state index in [9.17, 15) is 0 Å². The van der Waals surface area contributed by atoms with Gasteiger partial charge in [0, 0.05) is 11.8 Å². The lowest BCUT2D eigenvalue weighted by molar-refractivity contribution is 0.415. The third-order valence-corrected chi connectivity index (χ3v) is 5.64. The van der Waals surface area contributed by atoms with Crippen LogP contribution in [0.15, 0.2) is 102 Å². The molecule has 0 bridgehead atoms. The van der Waals surface area contributed by atoms with Crippen LogP contribution in [0.4, 0.5) is 0 Å². The lowest BCUT2D eigenvalue weighted by Gasteiger charge is -2.12. The first-order chi connectivity index (χ1) is 16.2. The number of hydrogen-bond acceptors (Lipinski definition) is 5. The van der Waals surface area contributed by atoms with Crippen molar-refractivity contribution in [2.45, 2.75) is 12.5 Å². The van der Waals surface area contributed by atoms with Crippen LogP contribution in [-0.2, 0) is 6.42 Å². The van der Waals surface area contributed by atoms with E-state index in [1.807, 2.05) is 65.5 Å². The number of methoxy groups -OCH3 is 1. The highest BCUT2D eigenvalue weighted by Gasteiger charge is 2.20. The molecule has 5 rings (SSSR count). The maximum Gasteiger partial charge on any atom is 0.152 e. The fourth-order valence-corrected chi connectivity index (χ4v) is 3.92. The number of hydrogen-bond donors (Lipinski definition) is 1. The molecule has 0 amide bonds. The summed E-state index contributed by atoms with van der Waals surface area (Å²) in [5.74, 6) is 1.58. The second kappa shape index (κ2) is 9.14. The zero-order valence-electron chi connectivity index (χ0n) is 18.3. The fourth-order valence-electron chi connectivity index (χ4n) is 3.92. The zero-order valence-corrected chi connectivity index (χ0v) is 18.3. The Balaban J connectivity index is 1.48. The van der Waals surface area contributed by atoms with Crippen LogP contribution in [0.3, 0.4) is 0 Å². The first-order valence-corrected chi connectivity index (χ1v) is 10.7. The third-order valence-electron chi connectivity index (χ3n) is 5.64. The topological polar surface area (TPSA) is 79.1 Å². The van der Waals surface area contributed by atoms with Crippen molar-refractivity contribution >= 4 is 0 Å². The maximum absolute atomic E-state index is 6.46. The maximum atomic E-state index is 6.46. The van der Waals surface area contributed by atoms with Crippen molar-refractivity contribution < 1.29 is 9.15 Å². The molecule has 3 heterocycles. The predicted octanol–water partition coefficient (Wildman–Crippen LogP) is 5.45. The molecule has 164 valence electrons. The minimum Gasteiger partial charge on any atom is -0.497 e. The average molecular weight is 437 g/mol. The van der Waals surface area contributed by atoms with Crippen LogP contribution in [-0.4, -0.2) is 21.9 Å². The van der Waals surface area contributed by atoms with E-state index in [2.05, 4.69) is 34.3 Å². The molecule has 6 nitrogen and oxygen atoms in total. The van der Waals surface area contributed by atoms with Crippen LogP contribution in [0.5, 0.6) is 5.75 Å². The van der Waals surface area contributed by atoms with Gasteiger partial charge in [-0.2, -0.15) is 5.10 Å². The van der Waals surface area contributed by atoms with Gasteiger partial charge < -0.3 is 14.9 Å². The molecule has 0 spiro atoms. The van der Waals surface area contributed by atoms with E-state index in [1.54, 1.807) is 19.6 Å². The van der Waals surface area contributed by atoms with Crippen LogP contribution in [0.25, 0.3) is 28.3 Å². The Labute approximate surface area is 192 Å². The van der Waals surface area contributed by atoms with E-state index >= 15 is 0 Å². The van der Waals surface area contributed by atoms with Crippen molar-refractivity contribution in [3.8, 4) is 34.0 Å². The molecule has 0 fully saturated rings. The Bertz CT molecular complexity index is 1310. The molecule has 5 aromatic rings. The van der Waals surface area contributed by atoms with Crippen molar-refractivity contribution in [2.75, 3.05) is 7.11 Å². The van der Waals surface area contributed by atoms with E-state index < -0.39 is 0 Å². The first-order valence-electron chi connectivity index (χ1n) is 10.7. The molecule has 0 aliphatic rings. The molecular weight excluding hydrogens is 412 g/mol. The summed E-state index contributed by atoms with van der Waals surface area (Å²) in [5, 5.41) is 4.68. The third kappa shape index (κ3) is 4.29. The molecule has 0 aliphatic heterocycles. The van der Waals surface area contributed by atoms with Gasteiger partial charge in [0.05, 0.1) is 37.0 Å². The number of ether oxygens (including phenoxy) is 1. The SMILES string of the molecule is COc1ccc(-c2ccc(-n3ncc(CC(N)c4ccccn4)c3-c3ccco3)cc2)cc1. The van der Waals surface area contributed by atoms with Crippen LogP contribution in [0, 0.1) is 0 Å². The Kier molecular flexibility index (Phi) is 5.74. The number of nitrogens with two attached hydrogens (primary N) is 1. The number of nitrogens with zero attached hydrogens (tertiary/aromatic N) is 3. The van der Waals surface area contributed by atoms with Crippen LogP contribution in [0.2, 0.25) is 0 Å². The monoisotopic (exact) mass is 436 g/mol. The summed E-state index contributed by atoms with van der Waals surface area (Å²) < 4.78 is 12.9. The summed E-state index contributed by atoms with van der Waals surface area (Å²) >= 11 is 0. The second-order valence-electron chi connectivity index (χ2n) is 7.75. The summed E-state index contributed by atoms with van der Waals surface area (Å²) in [5.41, 5.74) is 12.4. The van der Waals surface area contributed by atoms with E-state index in [-0.39, 0.29) is 6.04 Å². The van der Waals surface area contributed by atoms with Crippen molar-refractivity contribution in [3.63, 3.8) is 0 Å². The van der Waals surface area contributed by atoms with Gasteiger partial charge in [-0.25, -0.2) is 4.68 Å². The van der Waals surface area contributed by atoms with Crippen molar-refractivity contribution in [1.82, 2.24) is 14.8 Å². The van der Waals surface area contributed by atoms with Crippen molar-refractivity contribution in [1.29, 1.82) is 0 Å². The Morgan fingerprint density at radius 1 is 0.939 bits per heavy atom. The number of aromatic nitrogens is 3. The summed E-state index contributed by atoms with van der Waals surface area (Å²) in [6.07, 6.45) is 5.88. The molecule has 2 aromatic carbocycles. The number of rotatable bonds is 7. The van der Waals surface area contributed by atoms with Crippen LogP contribution < -0.4 is 10.5 Å². The Morgan fingerprint density at radius 2 is 1.70 bits per heavy atom. The molecule has 3 aromatic heterocycles. The van der Waals surface area contributed by atoms with Gasteiger partial charge in [-0.3, -0.25) is 4.98 Å². The number of pyridine rings is 1. The van der Waals surface area contributed by atoms with Gasteiger partial charge in [-0.1, -0.05) is 30.3 Å². The lowest BCUT2D eigenvalue weighted by atomic mass is 10.0. The zero-order chi connectivity index (χ0) is 22.6. The average Bonchev–Trinajstić information content (AvgIpc) is 3.55. The summed E-state index contributed by atoms with van der Waals surface area (Å²) in [7, 11) is 1.67. The van der Waals surface area contributed by atoms with E-state index in [1.165, 1.54) is 0 Å². The van der Waals surface area contributed by atoms with Crippen LogP contribution in [0.1, 0.15) is 17.3 Å². The van der Waals surface area contributed by atoms with Crippen LogP contribution >= 0.6 is 0 Å². The molecule has 0 saturated carbocycles. The summed E-state index contributed by atoms with van der Waals surface area (Å²) in [4.78, 5) is 4.40. The Hall–Kier alpha value is -4.16. The van der Waals surface area contributed by atoms with E-state index in [0.29, 0.717) is 6.42 Å². The highest BCUT2D eigenvalue weighted by atomic mass is 16.5. The minimum atomic E-state index is -0.241. The second-order valence-corrected chi connectivity index (χ2v) is 7.75. The quantitative estimate of drug-likeness (QED) is 0.367. The number of furan rings is 1. The lowest BCUT2D eigenvalue weighted by Crippen LogP contribution is -2.15. The van der Waals surface area contributed by atoms with E-state index in [4.69, 9.17) is 14.9 Å². The number of benzene rings is 2. The molecule has 0 saturated heterocycles. The van der Waals surface area contributed by atoms with Gasteiger partial charge in [-0.05, 0) is 66.1 Å².